The van der Waals surface area contributed by atoms with E-state index in [0.29, 0.717) is 16.7 Å². The molecule has 1 aromatic carbocycles. The Balaban J connectivity index is 2.67. The Bertz CT molecular complexity index is 416. The average Bonchev–Trinajstić information content (AvgIpc) is 2.15. The lowest BCUT2D eigenvalue weighted by Crippen LogP contribution is -2.18. The number of carbonyl (C=O) groups is 2. The summed E-state index contributed by atoms with van der Waals surface area (Å²) in [5.74, 6) is -0.115. The number of hydrogen-bond acceptors (Lipinski definition) is 2. The summed E-state index contributed by atoms with van der Waals surface area (Å²) < 4.78 is 0. The number of hydrogen-bond donors (Lipinski definition) is 0. The number of fused-ring (bicyclic) bond motifs is 1. The highest BCUT2D eigenvalue weighted by atomic mass is 16.1. The van der Waals surface area contributed by atoms with E-state index < -0.39 is 0 Å². The largest absolute Gasteiger partial charge is 0.294 e. The highest BCUT2D eigenvalue weighted by Gasteiger charge is 2.25. The molecule has 2 nitrogen and oxygen atoms in total. The minimum absolute atomic E-state index is 0.0137. The first-order valence-electron chi connectivity index (χ1n) is 4.05. The zero-order valence-electron chi connectivity index (χ0n) is 7.04. The molecule has 0 unspecified atom stereocenters. The van der Waals surface area contributed by atoms with Gasteiger partial charge < -0.3 is 0 Å². The Morgan fingerprint density at radius 3 is 2.38 bits per heavy atom. The number of allylic oxidation sites excluding steroid dienone is 1. The standard InChI is InChI=1S/C11H8O2/c1-7-6-10(12)8-4-2-3-5-9(8)11(7)13/h2-5H,1,6H2. The number of benzene rings is 1. The van der Waals surface area contributed by atoms with E-state index in [1.165, 1.54) is 0 Å². The zero-order valence-corrected chi connectivity index (χ0v) is 7.04. The molecule has 0 atom stereocenters. The lowest BCUT2D eigenvalue weighted by Gasteiger charge is -2.14. The Morgan fingerprint density at radius 2 is 1.69 bits per heavy atom. The van der Waals surface area contributed by atoms with Gasteiger partial charge in [0.1, 0.15) is 0 Å². The summed E-state index contributed by atoms with van der Waals surface area (Å²) in [5.41, 5.74) is 1.41. The summed E-state index contributed by atoms with van der Waals surface area (Å²) in [7, 11) is 0. The van der Waals surface area contributed by atoms with Crippen molar-refractivity contribution in [2.24, 2.45) is 0 Å². The molecule has 1 aliphatic rings. The van der Waals surface area contributed by atoms with Gasteiger partial charge in [0.05, 0.1) is 0 Å². The van der Waals surface area contributed by atoms with Gasteiger partial charge in [-0.05, 0) is 0 Å². The van der Waals surface area contributed by atoms with Gasteiger partial charge in [0, 0.05) is 23.1 Å². The monoisotopic (exact) mass is 172 g/mol. The van der Waals surface area contributed by atoms with Crippen molar-refractivity contribution < 1.29 is 9.59 Å². The van der Waals surface area contributed by atoms with Gasteiger partial charge in [-0.25, -0.2) is 0 Å². The fourth-order valence-corrected chi connectivity index (χ4v) is 1.48. The topological polar surface area (TPSA) is 34.1 Å². The van der Waals surface area contributed by atoms with E-state index in [9.17, 15) is 9.59 Å². The van der Waals surface area contributed by atoms with Gasteiger partial charge in [-0.3, -0.25) is 9.59 Å². The number of rotatable bonds is 0. The Morgan fingerprint density at radius 1 is 1.08 bits per heavy atom. The summed E-state index contributed by atoms with van der Waals surface area (Å²) >= 11 is 0. The molecule has 0 amide bonds. The maximum absolute atomic E-state index is 11.5. The first kappa shape index (κ1) is 7.92. The maximum atomic E-state index is 11.5. The van der Waals surface area contributed by atoms with Crippen molar-refractivity contribution in [2.45, 2.75) is 6.42 Å². The van der Waals surface area contributed by atoms with Gasteiger partial charge >= 0.3 is 0 Å². The minimum atomic E-state index is -0.102. The van der Waals surface area contributed by atoms with Crippen LogP contribution in [0.3, 0.4) is 0 Å². The fourth-order valence-electron chi connectivity index (χ4n) is 1.48. The molecule has 0 saturated heterocycles. The van der Waals surface area contributed by atoms with Crippen molar-refractivity contribution in [3.63, 3.8) is 0 Å². The average molecular weight is 172 g/mol. The van der Waals surface area contributed by atoms with Crippen LogP contribution in [0.15, 0.2) is 36.4 Å². The third-order valence-corrected chi connectivity index (χ3v) is 2.17. The van der Waals surface area contributed by atoms with Gasteiger partial charge in [0.25, 0.3) is 0 Å². The third kappa shape index (κ3) is 1.11. The summed E-state index contributed by atoms with van der Waals surface area (Å²) in [6.07, 6.45) is 0.163. The molecule has 1 aromatic rings. The molecule has 0 spiro atoms. The zero-order chi connectivity index (χ0) is 9.42. The quantitative estimate of drug-likeness (QED) is 0.561. The van der Waals surface area contributed by atoms with E-state index in [1.807, 2.05) is 0 Å². The molecule has 0 N–H and O–H groups in total. The smallest absolute Gasteiger partial charge is 0.189 e. The number of carbonyl (C=O) groups excluding carboxylic acids is 2. The lowest BCUT2D eigenvalue weighted by molar-refractivity contribution is 0.0936. The summed E-state index contributed by atoms with van der Waals surface area (Å²) in [4.78, 5) is 22.9. The van der Waals surface area contributed by atoms with Crippen molar-refractivity contribution >= 4 is 11.6 Å². The normalized spacial score (nSPS) is 15.8. The van der Waals surface area contributed by atoms with E-state index in [-0.39, 0.29) is 18.0 Å². The second kappa shape index (κ2) is 2.66. The molecule has 0 aromatic heterocycles. The molecule has 0 fully saturated rings. The maximum Gasteiger partial charge on any atom is 0.189 e. The van der Waals surface area contributed by atoms with Crippen LogP contribution in [0.5, 0.6) is 0 Å². The molecule has 64 valence electrons. The van der Waals surface area contributed by atoms with Crippen molar-refractivity contribution in [1.29, 1.82) is 0 Å². The first-order chi connectivity index (χ1) is 6.20. The van der Waals surface area contributed by atoms with Crippen LogP contribution in [0.25, 0.3) is 0 Å². The summed E-state index contributed by atoms with van der Waals surface area (Å²) in [6.45, 7) is 3.57. The van der Waals surface area contributed by atoms with Crippen LogP contribution in [0.1, 0.15) is 27.1 Å². The van der Waals surface area contributed by atoms with Gasteiger partial charge in [-0.2, -0.15) is 0 Å². The van der Waals surface area contributed by atoms with Gasteiger partial charge in [-0.1, -0.05) is 30.8 Å². The SMILES string of the molecule is C=C1CC(=O)c2ccccc2C1=O. The summed E-state index contributed by atoms with van der Waals surface area (Å²) in [6, 6.07) is 6.86. The highest BCUT2D eigenvalue weighted by Crippen LogP contribution is 2.23. The van der Waals surface area contributed by atoms with Crippen LogP contribution in [0.4, 0.5) is 0 Å². The van der Waals surface area contributed by atoms with Crippen LogP contribution in [0, 0.1) is 0 Å². The van der Waals surface area contributed by atoms with Crippen LogP contribution in [0.2, 0.25) is 0 Å². The predicted octanol–water partition coefficient (Wildman–Crippen LogP) is 2.01. The Labute approximate surface area is 75.9 Å². The second-order valence-electron chi connectivity index (χ2n) is 3.08. The Kier molecular flexibility index (Phi) is 1.62. The third-order valence-electron chi connectivity index (χ3n) is 2.17. The molecule has 0 bridgehead atoms. The van der Waals surface area contributed by atoms with Crippen LogP contribution < -0.4 is 0 Å². The predicted molar refractivity (Wildman–Crippen MR) is 48.9 cm³/mol. The van der Waals surface area contributed by atoms with E-state index in [1.54, 1.807) is 24.3 Å². The first-order valence-corrected chi connectivity index (χ1v) is 4.05. The minimum Gasteiger partial charge on any atom is -0.294 e. The molecule has 2 rings (SSSR count). The van der Waals surface area contributed by atoms with Crippen molar-refractivity contribution in [2.75, 3.05) is 0 Å². The number of Topliss-reactive ketones (excluding diaryl/α,β-unsaturated/α-hetero) is 2. The molecule has 0 radical (unpaired) electrons. The van der Waals surface area contributed by atoms with E-state index in [4.69, 9.17) is 0 Å². The molecule has 0 aliphatic heterocycles. The Hall–Kier alpha value is -1.70. The van der Waals surface area contributed by atoms with Crippen LogP contribution >= 0.6 is 0 Å². The van der Waals surface area contributed by atoms with E-state index >= 15 is 0 Å². The lowest BCUT2D eigenvalue weighted by atomic mass is 9.87. The van der Waals surface area contributed by atoms with Crippen LogP contribution in [-0.2, 0) is 0 Å². The molecule has 0 heterocycles. The van der Waals surface area contributed by atoms with Crippen molar-refractivity contribution in [3.05, 3.63) is 47.5 Å². The molecule has 1 aliphatic carbocycles. The van der Waals surface area contributed by atoms with Gasteiger partial charge in [-0.15, -0.1) is 0 Å². The van der Waals surface area contributed by atoms with Gasteiger partial charge in [0.2, 0.25) is 0 Å². The fraction of sp³-hybridized carbons (Fsp3) is 0.0909. The molecule has 13 heavy (non-hydrogen) atoms. The van der Waals surface area contributed by atoms with E-state index in [2.05, 4.69) is 6.58 Å². The van der Waals surface area contributed by atoms with Crippen LogP contribution in [-0.4, -0.2) is 11.6 Å². The highest BCUT2D eigenvalue weighted by molar-refractivity contribution is 6.22. The number of ketones is 2. The van der Waals surface area contributed by atoms with Crippen molar-refractivity contribution in [3.8, 4) is 0 Å². The molecular weight excluding hydrogens is 164 g/mol. The summed E-state index contributed by atoms with van der Waals surface area (Å²) in [5, 5.41) is 0. The molecular formula is C11H8O2. The second-order valence-corrected chi connectivity index (χ2v) is 3.08. The molecule has 2 heteroatoms. The van der Waals surface area contributed by atoms with E-state index in [0.717, 1.165) is 0 Å². The molecule has 0 saturated carbocycles. The van der Waals surface area contributed by atoms with Gasteiger partial charge in [0.15, 0.2) is 11.6 Å². The van der Waals surface area contributed by atoms with Crippen molar-refractivity contribution in [1.82, 2.24) is 0 Å².